The van der Waals surface area contributed by atoms with Crippen LogP contribution in [0, 0.1) is 0 Å². The molecule has 6 rings (SSSR count). The van der Waals surface area contributed by atoms with E-state index in [2.05, 4.69) is 10.3 Å². The van der Waals surface area contributed by atoms with Gasteiger partial charge in [0.1, 0.15) is 47.2 Å². The molecule has 1 saturated heterocycles. The van der Waals surface area contributed by atoms with Crippen molar-refractivity contribution in [3.63, 3.8) is 0 Å². The van der Waals surface area contributed by atoms with Crippen LogP contribution in [0.1, 0.15) is 68.8 Å². The van der Waals surface area contributed by atoms with Crippen molar-refractivity contribution in [3.8, 4) is 17.2 Å². The normalized spacial score (nSPS) is 25.1. The van der Waals surface area contributed by atoms with Crippen LogP contribution >= 0.6 is 21.6 Å². The number of ketones is 3. The molecule has 52 heavy (non-hydrogen) atoms. The second-order valence-corrected chi connectivity index (χ2v) is 14.9. The molecule has 3 aliphatic rings. The summed E-state index contributed by atoms with van der Waals surface area (Å²) in [6, 6.07) is 8.88. The largest absolute Gasteiger partial charge is 0.507 e. The second-order valence-electron chi connectivity index (χ2n) is 12.5. The van der Waals surface area contributed by atoms with E-state index in [1.807, 2.05) is 12.1 Å². The van der Waals surface area contributed by atoms with Crippen LogP contribution in [0.3, 0.4) is 0 Å². The topological polar surface area (TPSA) is 231 Å². The van der Waals surface area contributed by atoms with Crippen LogP contribution in [0.15, 0.2) is 47.6 Å². The molecular weight excluding hydrogens is 721 g/mol. The molecule has 1 aliphatic heterocycles. The van der Waals surface area contributed by atoms with Gasteiger partial charge in [0, 0.05) is 47.9 Å². The van der Waals surface area contributed by atoms with E-state index in [4.69, 9.17) is 18.9 Å². The molecule has 15 nitrogen and oxygen atoms in total. The highest BCUT2D eigenvalue weighted by molar-refractivity contribution is 8.76. The van der Waals surface area contributed by atoms with Crippen LogP contribution < -0.4 is 10.1 Å². The lowest BCUT2D eigenvalue weighted by atomic mass is 9.72. The summed E-state index contributed by atoms with van der Waals surface area (Å²) in [5.74, 6) is -3.59. The minimum absolute atomic E-state index is 0.0616. The molecule has 0 spiro atoms. The van der Waals surface area contributed by atoms with Gasteiger partial charge in [-0.2, -0.15) is 0 Å². The van der Waals surface area contributed by atoms with Gasteiger partial charge in [-0.3, -0.25) is 14.4 Å². The second kappa shape index (κ2) is 15.4. The van der Waals surface area contributed by atoms with Gasteiger partial charge in [0.05, 0.1) is 42.0 Å². The summed E-state index contributed by atoms with van der Waals surface area (Å²) < 4.78 is 22.7. The molecule has 3 aromatic rings. The molecule has 6 atom stereocenters. The highest BCUT2D eigenvalue weighted by atomic mass is 33.1. The summed E-state index contributed by atoms with van der Waals surface area (Å²) in [7, 11) is 4.17. The van der Waals surface area contributed by atoms with Gasteiger partial charge in [-0.05, 0) is 35.9 Å². The van der Waals surface area contributed by atoms with Crippen LogP contribution in [0.4, 0.5) is 4.79 Å². The number of phenolic OH excluding ortho intramolecular Hbond substituents is 2. The predicted molar refractivity (Wildman–Crippen MR) is 185 cm³/mol. The van der Waals surface area contributed by atoms with Gasteiger partial charge in [-0.1, -0.05) is 29.0 Å². The van der Waals surface area contributed by atoms with Crippen molar-refractivity contribution < 1.29 is 63.7 Å². The number of hydrogen-bond acceptors (Lipinski definition) is 16. The molecule has 0 radical (unpaired) electrons. The Morgan fingerprint density at radius 2 is 1.85 bits per heavy atom. The molecule has 2 aromatic carbocycles. The lowest BCUT2D eigenvalue weighted by molar-refractivity contribution is -0.249. The average molecular weight is 757 g/mol. The van der Waals surface area contributed by atoms with E-state index in [0.29, 0.717) is 5.75 Å². The monoisotopic (exact) mass is 756 g/mol. The number of Topliss-reactive ketones (excluding diaryl/α,β-unsaturated/α-hetero) is 1. The molecule has 0 bridgehead atoms. The molecule has 1 amide bonds. The molecule has 0 saturated carbocycles. The molecule has 2 heterocycles. The fraction of sp³-hybridized carbons (Fsp3) is 0.400. The summed E-state index contributed by atoms with van der Waals surface area (Å²) in [4.78, 5) is 57.3. The van der Waals surface area contributed by atoms with E-state index >= 15 is 0 Å². The number of rotatable bonds is 11. The van der Waals surface area contributed by atoms with E-state index in [1.165, 1.54) is 53.8 Å². The van der Waals surface area contributed by atoms with Crippen molar-refractivity contribution in [2.24, 2.45) is 0 Å². The number of ether oxygens (including phenoxy) is 4. The van der Waals surface area contributed by atoms with Gasteiger partial charge >= 0.3 is 6.09 Å². The van der Waals surface area contributed by atoms with Crippen LogP contribution in [-0.2, 0) is 25.4 Å². The maximum Gasteiger partial charge on any atom is 0.407 e. The van der Waals surface area contributed by atoms with E-state index in [9.17, 15) is 44.7 Å². The van der Waals surface area contributed by atoms with Gasteiger partial charge in [-0.25, -0.2) is 9.78 Å². The number of alkyl carbamates (subject to hydrolysis) is 1. The van der Waals surface area contributed by atoms with E-state index < -0.39 is 102 Å². The van der Waals surface area contributed by atoms with E-state index in [-0.39, 0.29) is 41.0 Å². The zero-order chi connectivity index (χ0) is 37.3. The summed E-state index contributed by atoms with van der Waals surface area (Å²) >= 11 is 0. The molecule has 17 heteroatoms. The first kappa shape index (κ1) is 37.5. The third kappa shape index (κ3) is 7.09. The number of aliphatic hydroxyl groups is 3. The van der Waals surface area contributed by atoms with Crippen molar-refractivity contribution in [3.05, 3.63) is 76.0 Å². The van der Waals surface area contributed by atoms with Crippen LogP contribution in [-0.4, -0.2) is 110 Å². The number of benzene rings is 2. The number of phenols is 2. The third-order valence-corrected chi connectivity index (χ3v) is 11.5. The quantitative estimate of drug-likeness (QED) is 0.0734. The first-order valence-electron chi connectivity index (χ1n) is 16.2. The Hall–Kier alpha value is -4.23. The van der Waals surface area contributed by atoms with Crippen molar-refractivity contribution in [2.75, 3.05) is 26.1 Å². The van der Waals surface area contributed by atoms with Crippen LogP contribution in [0.25, 0.3) is 0 Å². The number of fused-ring (bicyclic) bond motifs is 3. The number of aromatic hydroxyl groups is 2. The van der Waals surface area contributed by atoms with Crippen molar-refractivity contribution in [1.82, 2.24) is 10.3 Å². The number of carbonyl (C=O) groups excluding carboxylic acids is 4. The highest BCUT2D eigenvalue weighted by Crippen LogP contribution is 2.52. The summed E-state index contributed by atoms with van der Waals surface area (Å²) in [5, 5.41) is 58.7. The van der Waals surface area contributed by atoms with Gasteiger partial charge in [0.2, 0.25) is 5.78 Å². The van der Waals surface area contributed by atoms with Crippen molar-refractivity contribution in [2.45, 2.75) is 67.5 Å². The summed E-state index contributed by atoms with van der Waals surface area (Å²) in [6.07, 6.45) is -5.30. The zero-order valence-electron chi connectivity index (χ0n) is 27.9. The minimum Gasteiger partial charge on any atom is -0.507 e. The van der Waals surface area contributed by atoms with Crippen molar-refractivity contribution in [1.29, 1.82) is 0 Å². The maximum atomic E-state index is 13.9. The lowest BCUT2D eigenvalue weighted by Crippen LogP contribution is -2.56. The van der Waals surface area contributed by atoms with E-state index in [0.717, 1.165) is 5.03 Å². The Kier molecular flexibility index (Phi) is 11.1. The van der Waals surface area contributed by atoms with Gasteiger partial charge < -0.3 is 49.8 Å². The smallest absolute Gasteiger partial charge is 0.407 e. The number of hydrogen-bond donors (Lipinski definition) is 6. The standard InChI is InChI=1S/C35H36N2O13S2/c1-16-29(40)19(37-34(45)48-10-11-51-52-23-8-3-4-9-36-23)12-24(49-16)50-21-14-35(46,22(39)15-38)13-18-26(21)33(44)28-27(31(18)42)30(41)17-6-5-7-20(47-2)25(17)32(28)43/h3-9,16,19,21,24,29,38,40,42,44,46H,10-15H2,1-2H3,(H,37,45)/t16-,19-,21-,24-,29+,35-/m0/s1. The fourth-order valence-corrected chi connectivity index (χ4v) is 8.42. The summed E-state index contributed by atoms with van der Waals surface area (Å²) in [6.45, 7) is 0.519. The number of amides is 1. The Labute approximate surface area is 305 Å². The number of aromatic nitrogens is 1. The third-order valence-electron chi connectivity index (χ3n) is 9.25. The Morgan fingerprint density at radius 1 is 1.08 bits per heavy atom. The van der Waals surface area contributed by atoms with Crippen molar-refractivity contribution >= 4 is 45.0 Å². The molecular formula is C35H36N2O13S2. The van der Waals surface area contributed by atoms with Gasteiger partial charge in [-0.15, -0.1) is 0 Å². The number of pyridine rings is 1. The van der Waals surface area contributed by atoms with E-state index in [1.54, 1.807) is 12.3 Å². The van der Waals surface area contributed by atoms with Crippen LogP contribution in [0.5, 0.6) is 17.2 Å². The molecule has 6 N–H and O–H groups in total. The van der Waals surface area contributed by atoms with Crippen LogP contribution in [0.2, 0.25) is 0 Å². The predicted octanol–water partition coefficient (Wildman–Crippen LogP) is 2.60. The highest BCUT2D eigenvalue weighted by Gasteiger charge is 2.50. The Morgan fingerprint density at radius 3 is 2.56 bits per heavy atom. The molecule has 1 aromatic heterocycles. The maximum absolute atomic E-state index is 13.9. The SMILES string of the molecule is COc1cccc2c1C(=O)c1c(O)c3c(c(O)c1C2=O)C[C@@](O)(C(=O)CO)C[C@@H]3O[C@H]1C[C@H](NC(=O)OCCSSc2ccccn2)[C@H](O)[C@H](C)O1. The molecule has 276 valence electrons. The molecule has 1 fully saturated rings. The average Bonchev–Trinajstić information content (AvgIpc) is 3.13. The number of nitrogens with zero attached hydrogens (tertiary/aromatic N) is 1. The number of nitrogens with one attached hydrogen (secondary N) is 1. The van der Waals surface area contributed by atoms with Gasteiger partial charge in [0.25, 0.3) is 0 Å². The van der Waals surface area contributed by atoms with Gasteiger partial charge in [0.15, 0.2) is 17.9 Å². The molecule has 0 unspecified atom stereocenters. The zero-order valence-corrected chi connectivity index (χ0v) is 29.6. The number of aliphatic hydroxyl groups excluding tert-OH is 2. The summed E-state index contributed by atoms with van der Waals surface area (Å²) in [5.41, 5.74) is -4.01. The number of carbonyl (C=O) groups is 4. The Bertz CT molecular complexity index is 1890. The molecule has 2 aliphatic carbocycles. The Balaban J connectivity index is 1.25. The minimum atomic E-state index is -2.33. The first-order valence-corrected chi connectivity index (χ1v) is 18.6. The fourth-order valence-electron chi connectivity index (χ4n) is 6.72. The lowest BCUT2D eigenvalue weighted by Gasteiger charge is -2.42. The first-order chi connectivity index (χ1) is 24.9. The number of methoxy groups -OCH3 is 1.